The van der Waals surface area contributed by atoms with Crippen LogP contribution in [0.5, 0.6) is 5.75 Å². The van der Waals surface area contributed by atoms with E-state index in [-0.39, 0.29) is 18.2 Å². The lowest BCUT2D eigenvalue weighted by atomic mass is 10.3. The SMILES string of the molecule is CCCNC(=O)CC(=O)Nc1cccc(OC)c1. The molecule has 5 nitrogen and oxygen atoms in total. The van der Waals surface area contributed by atoms with E-state index in [1.54, 1.807) is 31.4 Å². The van der Waals surface area contributed by atoms with Crippen molar-refractivity contribution in [3.63, 3.8) is 0 Å². The molecule has 18 heavy (non-hydrogen) atoms. The van der Waals surface area contributed by atoms with E-state index in [4.69, 9.17) is 4.74 Å². The molecule has 0 aliphatic heterocycles. The van der Waals surface area contributed by atoms with Gasteiger partial charge in [0, 0.05) is 18.3 Å². The highest BCUT2D eigenvalue weighted by atomic mass is 16.5. The lowest BCUT2D eigenvalue weighted by molar-refractivity contribution is -0.126. The Balaban J connectivity index is 2.46. The van der Waals surface area contributed by atoms with Crippen molar-refractivity contribution in [2.75, 3.05) is 19.0 Å². The largest absolute Gasteiger partial charge is 0.497 e. The van der Waals surface area contributed by atoms with Crippen LogP contribution in [0.3, 0.4) is 0 Å². The van der Waals surface area contributed by atoms with Crippen LogP contribution in [-0.2, 0) is 9.59 Å². The van der Waals surface area contributed by atoms with Crippen LogP contribution in [0.15, 0.2) is 24.3 Å². The third kappa shape index (κ3) is 4.86. The highest BCUT2D eigenvalue weighted by Crippen LogP contribution is 2.16. The molecule has 0 atom stereocenters. The molecule has 5 heteroatoms. The summed E-state index contributed by atoms with van der Waals surface area (Å²) in [5.41, 5.74) is 0.614. The fourth-order valence-corrected chi connectivity index (χ4v) is 1.38. The van der Waals surface area contributed by atoms with E-state index in [1.807, 2.05) is 6.92 Å². The van der Waals surface area contributed by atoms with Gasteiger partial charge in [-0.1, -0.05) is 13.0 Å². The quantitative estimate of drug-likeness (QED) is 0.753. The number of amides is 2. The molecule has 0 fully saturated rings. The Kier molecular flexibility index (Phi) is 5.70. The first-order valence-corrected chi connectivity index (χ1v) is 5.86. The molecule has 1 aromatic rings. The van der Waals surface area contributed by atoms with Crippen LogP contribution in [0.25, 0.3) is 0 Å². The van der Waals surface area contributed by atoms with E-state index in [0.717, 1.165) is 6.42 Å². The smallest absolute Gasteiger partial charge is 0.233 e. The summed E-state index contributed by atoms with van der Waals surface area (Å²) in [7, 11) is 1.55. The zero-order chi connectivity index (χ0) is 13.4. The number of hydrogen-bond acceptors (Lipinski definition) is 3. The van der Waals surface area contributed by atoms with Crippen molar-refractivity contribution in [2.45, 2.75) is 19.8 Å². The first-order chi connectivity index (χ1) is 8.65. The maximum atomic E-state index is 11.6. The first kappa shape index (κ1) is 14.0. The Morgan fingerprint density at radius 1 is 1.28 bits per heavy atom. The minimum atomic E-state index is -0.336. The summed E-state index contributed by atoms with van der Waals surface area (Å²) in [6.07, 6.45) is 0.681. The van der Waals surface area contributed by atoms with Crippen LogP contribution < -0.4 is 15.4 Å². The molecule has 1 aromatic carbocycles. The van der Waals surface area contributed by atoms with Crippen LogP contribution in [0.1, 0.15) is 19.8 Å². The van der Waals surface area contributed by atoms with Gasteiger partial charge >= 0.3 is 0 Å². The van der Waals surface area contributed by atoms with Gasteiger partial charge in [-0.15, -0.1) is 0 Å². The Morgan fingerprint density at radius 3 is 2.72 bits per heavy atom. The number of nitrogens with one attached hydrogen (secondary N) is 2. The molecule has 0 heterocycles. The maximum Gasteiger partial charge on any atom is 0.233 e. The number of hydrogen-bond donors (Lipinski definition) is 2. The Bertz CT molecular complexity index is 418. The van der Waals surface area contributed by atoms with E-state index in [2.05, 4.69) is 10.6 Å². The van der Waals surface area contributed by atoms with Crippen molar-refractivity contribution in [3.05, 3.63) is 24.3 Å². The summed E-state index contributed by atoms with van der Waals surface area (Å²) in [5, 5.41) is 5.29. The second-order valence-electron chi connectivity index (χ2n) is 3.81. The van der Waals surface area contributed by atoms with E-state index in [1.165, 1.54) is 0 Å². The van der Waals surface area contributed by atoms with Crippen molar-refractivity contribution in [2.24, 2.45) is 0 Å². The van der Waals surface area contributed by atoms with Gasteiger partial charge in [0.15, 0.2) is 0 Å². The molecular weight excluding hydrogens is 232 g/mol. The predicted octanol–water partition coefficient (Wildman–Crippen LogP) is 1.55. The van der Waals surface area contributed by atoms with Gasteiger partial charge in [0.05, 0.1) is 7.11 Å². The van der Waals surface area contributed by atoms with Crippen LogP contribution in [-0.4, -0.2) is 25.5 Å². The number of carbonyl (C=O) groups excluding carboxylic acids is 2. The number of methoxy groups -OCH3 is 1. The Hall–Kier alpha value is -2.04. The Labute approximate surface area is 107 Å². The van der Waals surface area contributed by atoms with Gasteiger partial charge in [-0.25, -0.2) is 0 Å². The van der Waals surface area contributed by atoms with Crippen molar-refractivity contribution in [3.8, 4) is 5.75 Å². The van der Waals surface area contributed by atoms with Crippen molar-refractivity contribution in [1.82, 2.24) is 5.32 Å². The molecule has 2 N–H and O–H groups in total. The zero-order valence-corrected chi connectivity index (χ0v) is 10.7. The van der Waals surface area contributed by atoms with Crippen molar-refractivity contribution < 1.29 is 14.3 Å². The lowest BCUT2D eigenvalue weighted by Crippen LogP contribution is -2.28. The summed E-state index contributed by atoms with van der Waals surface area (Å²) in [4.78, 5) is 22.9. The van der Waals surface area contributed by atoms with Crippen LogP contribution >= 0.6 is 0 Å². The molecule has 0 saturated heterocycles. The minimum absolute atomic E-state index is 0.169. The molecule has 0 unspecified atom stereocenters. The molecule has 0 aliphatic rings. The summed E-state index contributed by atoms with van der Waals surface area (Å²) < 4.78 is 5.04. The van der Waals surface area contributed by atoms with E-state index in [9.17, 15) is 9.59 Å². The fraction of sp³-hybridized carbons (Fsp3) is 0.385. The molecule has 2 amide bonds. The van der Waals surface area contributed by atoms with Crippen LogP contribution in [0.4, 0.5) is 5.69 Å². The summed E-state index contributed by atoms with van der Waals surface area (Å²) >= 11 is 0. The molecule has 0 bridgehead atoms. The highest BCUT2D eigenvalue weighted by Gasteiger charge is 2.09. The predicted molar refractivity (Wildman–Crippen MR) is 69.5 cm³/mol. The van der Waals surface area contributed by atoms with Crippen LogP contribution in [0, 0.1) is 0 Å². The molecule has 1 rings (SSSR count). The van der Waals surface area contributed by atoms with Gasteiger partial charge in [-0.3, -0.25) is 9.59 Å². The second kappa shape index (κ2) is 7.32. The molecular formula is C13H18N2O3. The van der Waals surface area contributed by atoms with E-state index in [0.29, 0.717) is 18.0 Å². The molecule has 98 valence electrons. The standard InChI is InChI=1S/C13H18N2O3/c1-3-7-14-12(16)9-13(17)15-10-5-4-6-11(8-10)18-2/h4-6,8H,3,7,9H2,1-2H3,(H,14,16)(H,15,17). The average Bonchev–Trinajstić information content (AvgIpc) is 2.36. The number of ether oxygens (including phenoxy) is 1. The third-order valence-corrected chi connectivity index (χ3v) is 2.25. The lowest BCUT2D eigenvalue weighted by Gasteiger charge is -2.07. The minimum Gasteiger partial charge on any atom is -0.497 e. The monoisotopic (exact) mass is 250 g/mol. The Morgan fingerprint density at radius 2 is 2.06 bits per heavy atom. The van der Waals surface area contributed by atoms with Crippen molar-refractivity contribution >= 4 is 17.5 Å². The number of benzene rings is 1. The summed E-state index contributed by atoms with van der Waals surface area (Å²) in [5.74, 6) is 0.0531. The zero-order valence-electron chi connectivity index (χ0n) is 10.7. The highest BCUT2D eigenvalue weighted by molar-refractivity contribution is 6.03. The van der Waals surface area contributed by atoms with E-state index >= 15 is 0 Å². The van der Waals surface area contributed by atoms with E-state index < -0.39 is 0 Å². The molecule has 0 spiro atoms. The topological polar surface area (TPSA) is 67.4 Å². The van der Waals surface area contributed by atoms with Gasteiger partial charge < -0.3 is 15.4 Å². The van der Waals surface area contributed by atoms with Crippen molar-refractivity contribution in [1.29, 1.82) is 0 Å². The molecule has 0 saturated carbocycles. The molecule has 0 aromatic heterocycles. The first-order valence-electron chi connectivity index (χ1n) is 5.86. The third-order valence-electron chi connectivity index (χ3n) is 2.25. The normalized spacial score (nSPS) is 9.67. The summed E-state index contributed by atoms with van der Waals surface area (Å²) in [6.45, 7) is 2.54. The van der Waals surface area contributed by atoms with Gasteiger partial charge in [0.2, 0.25) is 11.8 Å². The fourth-order valence-electron chi connectivity index (χ4n) is 1.38. The van der Waals surface area contributed by atoms with Gasteiger partial charge in [-0.05, 0) is 18.6 Å². The molecule has 0 radical (unpaired) electrons. The second-order valence-corrected chi connectivity index (χ2v) is 3.81. The molecule has 0 aliphatic carbocycles. The van der Waals surface area contributed by atoms with Gasteiger partial charge in [0.25, 0.3) is 0 Å². The van der Waals surface area contributed by atoms with Gasteiger partial charge in [0.1, 0.15) is 12.2 Å². The summed E-state index contributed by atoms with van der Waals surface area (Å²) in [6, 6.07) is 6.99. The number of rotatable bonds is 6. The maximum absolute atomic E-state index is 11.6. The average molecular weight is 250 g/mol. The van der Waals surface area contributed by atoms with Gasteiger partial charge in [-0.2, -0.15) is 0 Å². The number of anilines is 1. The van der Waals surface area contributed by atoms with Crippen LogP contribution in [0.2, 0.25) is 0 Å². The number of carbonyl (C=O) groups is 2.